The first kappa shape index (κ1) is 13.6. The van der Waals surface area contributed by atoms with Crippen LogP contribution in [-0.2, 0) is 6.54 Å². The molecule has 3 aromatic rings. The van der Waals surface area contributed by atoms with Gasteiger partial charge in [-0.1, -0.05) is 41.4 Å². The molecule has 2 aromatic carbocycles. The van der Waals surface area contributed by atoms with Crippen LogP contribution in [0.15, 0.2) is 48.8 Å². The van der Waals surface area contributed by atoms with E-state index in [1.54, 1.807) is 11.0 Å². The molecule has 0 aliphatic rings. The van der Waals surface area contributed by atoms with Crippen LogP contribution >= 0.6 is 11.6 Å². The summed E-state index contributed by atoms with van der Waals surface area (Å²) in [4.78, 5) is 0. The first-order chi connectivity index (χ1) is 10.2. The Morgan fingerprint density at radius 2 is 1.95 bits per heavy atom. The molecule has 3 rings (SSSR count). The van der Waals surface area contributed by atoms with Gasteiger partial charge < -0.3 is 5.32 Å². The highest BCUT2D eigenvalue weighted by Crippen LogP contribution is 2.25. The number of halogens is 1. The predicted molar refractivity (Wildman–Crippen MR) is 82.7 cm³/mol. The summed E-state index contributed by atoms with van der Waals surface area (Å²) < 4.78 is 1.59. The third kappa shape index (κ3) is 3.20. The fourth-order valence-corrected chi connectivity index (χ4v) is 2.16. The topological polar surface area (TPSA) is 55.6 Å². The molecule has 6 heteroatoms. The molecule has 0 saturated heterocycles. The number of aromatic nitrogens is 4. The number of anilines is 1. The second-order valence-electron chi connectivity index (χ2n) is 4.76. The molecule has 1 heterocycles. The number of rotatable bonds is 4. The van der Waals surface area contributed by atoms with Crippen LogP contribution < -0.4 is 5.32 Å². The summed E-state index contributed by atoms with van der Waals surface area (Å²) >= 11 is 6.23. The van der Waals surface area contributed by atoms with Crippen molar-refractivity contribution in [2.45, 2.75) is 13.5 Å². The Balaban J connectivity index is 1.78. The van der Waals surface area contributed by atoms with Crippen molar-refractivity contribution in [2.75, 3.05) is 5.32 Å². The van der Waals surface area contributed by atoms with Crippen molar-refractivity contribution < 1.29 is 0 Å². The molecule has 0 amide bonds. The maximum atomic E-state index is 6.23. The van der Waals surface area contributed by atoms with Crippen LogP contribution in [0, 0.1) is 6.92 Å². The maximum Gasteiger partial charge on any atom is 0.143 e. The third-order valence-electron chi connectivity index (χ3n) is 3.17. The summed E-state index contributed by atoms with van der Waals surface area (Å²) in [6, 6.07) is 14.0. The Bertz CT molecular complexity index is 722. The average molecular weight is 300 g/mol. The summed E-state index contributed by atoms with van der Waals surface area (Å²) in [7, 11) is 0. The van der Waals surface area contributed by atoms with Crippen LogP contribution in [0.2, 0.25) is 5.02 Å². The van der Waals surface area contributed by atoms with E-state index in [-0.39, 0.29) is 0 Å². The predicted octanol–water partition coefficient (Wildman–Crippen LogP) is 3.24. The molecule has 0 fully saturated rings. The minimum Gasteiger partial charge on any atom is -0.380 e. The first-order valence-electron chi connectivity index (χ1n) is 6.55. The van der Waals surface area contributed by atoms with E-state index in [1.165, 1.54) is 11.1 Å². The van der Waals surface area contributed by atoms with Crippen LogP contribution in [0.3, 0.4) is 0 Å². The molecule has 0 bridgehead atoms. The van der Waals surface area contributed by atoms with E-state index < -0.39 is 0 Å². The number of tetrazole rings is 1. The molecule has 0 radical (unpaired) electrons. The third-order valence-corrected chi connectivity index (χ3v) is 3.50. The van der Waals surface area contributed by atoms with E-state index >= 15 is 0 Å². The molecule has 106 valence electrons. The highest BCUT2D eigenvalue weighted by Gasteiger charge is 2.04. The van der Waals surface area contributed by atoms with Gasteiger partial charge in [-0.15, -0.1) is 5.10 Å². The Morgan fingerprint density at radius 3 is 2.67 bits per heavy atom. The Kier molecular flexibility index (Phi) is 3.83. The molecule has 0 spiro atoms. The van der Waals surface area contributed by atoms with Crippen LogP contribution in [0.1, 0.15) is 11.1 Å². The Hall–Kier alpha value is -2.40. The summed E-state index contributed by atoms with van der Waals surface area (Å²) in [5.74, 6) is 0. The highest BCUT2D eigenvalue weighted by molar-refractivity contribution is 6.33. The number of hydrogen-bond acceptors (Lipinski definition) is 4. The van der Waals surface area contributed by atoms with Gasteiger partial charge in [-0.25, -0.2) is 4.68 Å². The van der Waals surface area contributed by atoms with Crippen molar-refractivity contribution in [3.8, 4) is 5.69 Å². The molecule has 0 aliphatic heterocycles. The number of aryl methyl sites for hydroxylation is 1. The zero-order valence-electron chi connectivity index (χ0n) is 11.5. The fraction of sp³-hybridized carbons (Fsp3) is 0.133. The van der Waals surface area contributed by atoms with Crippen LogP contribution in [0.4, 0.5) is 5.69 Å². The van der Waals surface area contributed by atoms with Crippen molar-refractivity contribution in [1.29, 1.82) is 0 Å². The molecular weight excluding hydrogens is 286 g/mol. The van der Waals surface area contributed by atoms with Crippen molar-refractivity contribution in [3.63, 3.8) is 0 Å². The minimum absolute atomic E-state index is 0.666. The summed E-state index contributed by atoms with van der Waals surface area (Å²) in [5.41, 5.74) is 4.16. The fourth-order valence-electron chi connectivity index (χ4n) is 1.97. The second kappa shape index (κ2) is 5.93. The number of benzene rings is 2. The van der Waals surface area contributed by atoms with Gasteiger partial charge in [0.1, 0.15) is 6.33 Å². The number of nitrogens with zero attached hydrogens (tertiary/aromatic N) is 4. The summed E-state index contributed by atoms with van der Waals surface area (Å²) in [5, 5.41) is 15.1. The molecule has 1 aromatic heterocycles. The Labute approximate surface area is 127 Å². The number of nitrogens with one attached hydrogen (secondary N) is 1. The highest BCUT2D eigenvalue weighted by atomic mass is 35.5. The van der Waals surface area contributed by atoms with Crippen LogP contribution in [-0.4, -0.2) is 20.2 Å². The first-order valence-corrected chi connectivity index (χ1v) is 6.92. The van der Waals surface area contributed by atoms with Crippen LogP contribution in [0.25, 0.3) is 5.69 Å². The van der Waals surface area contributed by atoms with E-state index in [9.17, 15) is 0 Å². The van der Waals surface area contributed by atoms with E-state index in [2.05, 4.69) is 52.0 Å². The molecule has 5 nitrogen and oxygen atoms in total. The lowest BCUT2D eigenvalue weighted by molar-refractivity contribution is 0.789. The Morgan fingerprint density at radius 1 is 1.14 bits per heavy atom. The number of hydrogen-bond donors (Lipinski definition) is 1. The lowest BCUT2D eigenvalue weighted by Crippen LogP contribution is -2.02. The van der Waals surface area contributed by atoms with Crippen molar-refractivity contribution in [1.82, 2.24) is 20.2 Å². The van der Waals surface area contributed by atoms with Gasteiger partial charge in [0.2, 0.25) is 0 Å². The van der Waals surface area contributed by atoms with E-state index in [1.807, 2.05) is 18.2 Å². The van der Waals surface area contributed by atoms with Gasteiger partial charge >= 0.3 is 0 Å². The molecule has 21 heavy (non-hydrogen) atoms. The monoisotopic (exact) mass is 299 g/mol. The lowest BCUT2D eigenvalue weighted by atomic mass is 10.1. The van der Waals surface area contributed by atoms with E-state index in [0.29, 0.717) is 11.6 Å². The van der Waals surface area contributed by atoms with Gasteiger partial charge in [-0.05, 0) is 41.1 Å². The molecule has 0 saturated carbocycles. The zero-order valence-corrected chi connectivity index (χ0v) is 12.2. The maximum absolute atomic E-state index is 6.23. The van der Waals surface area contributed by atoms with Gasteiger partial charge in [-0.3, -0.25) is 0 Å². The molecular formula is C15H14ClN5. The molecule has 0 unspecified atom stereocenters. The molecule has 1 N–H and O–H groups in total. The SMILES string of the molecule is Cc1ccc(CNc2cc(-n3cnnn3)ccc2Cl)cc1. The zero-order chi connectivity index (χ0) is 14.7. The quantitative estimate of drug-likeness (QED) is 0.803. The van der Waals surface area contributed by atoms with Gasteiger partial charge in [0.15, 0.2) is 0 Å². The van der Waals surface area contributed by atoms with E-state index in [4.69, 9.17) is 11.6 Å². The molecule has 0 aliphatic carbocycles. The smallest absolute Gasteiger partial charge is 0.143 e. The van der Waals surface area contributed by atoms with Gasteiger partial charge in [0.25, 0.3) is 0 Å². The van der Waals surface area contributed by atoms with Gasteiger partial charge in [0.05, 0.1) is 16.4 Å². The average Bonchev–Trinajstić information content (AvgIpc) is 3.02. The van der Waals surface area contributed by atoms with Crippen LogP contribution in [0.5, 0.6) is 0 Å². The largest absolute Gasteiger partial charge is 0.380 e. The van der Waals surface area contributed by atoms with Gasteiger partial charge in [-0.2, -0.15) is 0 Å². The lowest BCUT2D eigenvalue weighted by Gasteiger charge is -2.10. The van der Waals surface area contributed by atoms with Crippen molar-refractivity contribution in [2.24, 2.45) is 0 Å². The minimum atomic E-state index is 0.666. The van der Waals surface area contributed by atoms with Crippen molar-refractivity contribution >= 4 is 17.3 Å². The summed E-state index contributed by atoms with van der Waals surface area (Å²) in [6.07, 6.45) is 1.55. The summed E-state index contributed by atoms with van der Waals surface area (Å²) in [6.45, 7) is 2.78. The standard InChI is InChI=1S/C15H14ClN5/c1-11-2-4-12(5-3-11)9-17-15-8-13(6-7-14(15)16)21-10-18-19-20-21/h2-8,10,17H,9H2,1H3. The molecule has 0 atom stereocenters. The van der Waals surface area contributed by atoms with Gasteiger partial charge in [0, 0.05) is 6.54 Å². The van der Waals surface area contributed by atoms with Crippen molar-refractivity contribution in [3.05, 3.63) is 64.9 Å². The normalized spacial score (nSPS) is 10.6. The second-order valence-corrected chi connectivity index (χ2v) is 5.16. The van der Waals surface area contributed by atoms with E-state index in [0.717, 1.165) is 11.4 Å².